The van der Waals surface area contributed by atoms with Crippen molar-refractivity contribution in [1.29, 1.82) is 0 Å². The van der Waals surface area contributed by atoms with Crippen LogP contribution in [-0.2, 0) is 9.59 Å². The second-order valence-electron chi connectivity index (χ2n) is 4.61. The van der Waals surface area contributed by atoms with Gasteiger partial charge in [0.05, 0.1) is 0 Å². The second-order valence-corrected chi connectivity index (χ2v) is 5.59. The van der Waals surface area contributed by atoms with Crippen LogP contribution in [0.4, 0.5) is 4.79 Å². The standard InChI is InChI=1S/C15H14N3O4S/c16-15(22)18-13(12-2-1-7-23-12)14(21)17-11(8-19)9-3-5-10(20)6-4-9/h1-7,11,13,20H,(H,17,21)(H3,16,18,22). The number of carbonyl (C=O) groups excluding carboxylic acids is 3. The number of hydrogen-bond donors (Lipinski definition) is 4. The predicted octanol–water partition coefficient (Wildman–Crippen LogP) is 1.13. The molecule has 119 valence electrons. The molecule has 1 aromatic heterocycles. The maximum atomic E-state index is 12.4. The van der Waals surface area contributed by atoms with Gasteiger partial charge in [0.25, 0.3) is 0 Å². The van der Waals surface area contributed by atoms with Crippen molar-refractivity contribution < 1.29 is 19.5 Å². The predicted molar refractivity (Wildman–Crippen MR) is 84.5 cm³/mol. The van der Waals surface area contributed by atoms with Crippen LogP contribution in [0.3, 0.4) is 0 Å². The summed E-state index contributed by atoms with van der Waals surface area (Å²) in [7, 11) is 0. The molecule has 0 fully saturated rings. The SMILES string of the molecule is NC(=O)NC(C(=O)NC([C]=O)c1ccc(O)cc1)c1cccs1. The average molecular weight is 332 g/mol. The molecule has 2 rings (SSSR count). The normalized spacial score (nSPS) is 12.9. The third-order valence-corrected chi connectivity index (χ3v) is 3.94. The maximum absolute atomic E-state index is 12.4. The van der Waals surface area contributed by atoms with E-state index >= 15 is 0 Å². The van der Waals surface area contributed by atoms with Crippen molar-refractivity contribution in [2.75, 3.05) is 0 Å². The van der Waals surface area contributed by atoms with Crippen molar-refractivity contribution in [2.45, 2.75) is 12.1 Å². The van der Waals surface area contributed by atoms with Gasteiger partial charge in [-0.2, -0.15) is 0 Å². The van der Waals surface area contributed by atoms with Crippen LogP contribution in [0.2, 0.25) is 0 Å². The number of nitrogens with two attached hydrogens (primary N) is 1. The average Bonchev–Trinajstić information content (AvgIpc) is 3.05. The van der Waals surface area contributed by atoms with Gasteiger partial charge in [0, 0.05) is 4.88 Å². The molecular weight excluding hydrogens is 318 g/mol. The zero-order valence-electron chi connectivity index (χ0n) is 11.9. The number of urea groups is 1. The molecule has 0 aliphatic rings. The first-order chi connectivity index (χ1) is 11.0. The molecule has 0 spiro atoms. The van der Waals surface area contributed by atoms with Gasteiger partial charge in [-0.05, 0) is 29.1 Å². The molecule has 2 atom stereocenters. The highest BCUT2D eigenvalue weighted by Gasteiger charge is 2.26. The number of nitrogens with one attached hydrogen (secondary N) is 2. The third kappa shape index (κ3) is 4.30. The number of amides is 3. The third-order valence-electron chi connectivity index (χ3n) is 3.01. The topological polar surface area (TPSA) is 122 Å². The largest absolute Gasteiger partial charge is 0.508 e. The van der Waals surface area contributed by atoms with Gasteiger partial charge in [0.2, 0.25) is 12.2 Å². The number of phenolic OH excluding ortho intramolecular Hbond substituents is 1. The Labute approximate surface area is 136 Å². The zero-order chi connectivity index (χ0) is 16.8. The number of primary amides is 1. The summed E-state index contributed by atoms with van der Waals surface area (Å²) in [4.78, 5) is 35.2. The highest BCUT2D eigenvalue weighted by molar-refractivity contribution is 7.10. The van der Waals surface area contributed by atoms with E-state index in [1.165, 1.54) is 35.6 Å². The minimum Gasteiger partial charge on any atom is -0.508 e. The molecule has 3 amide bonds. The molecule has 1 heterocycles. The molecule has 0 saturated carbocycles. The van der Waals surface area contributed by atoms with Gasteiger partial charge >= 0.3 is 6.03 Å². The molecule has 2 aromatic rings. The maximum Gasteiger partial charge on any atom is 0.313 e. The summed E-state index contributed by atoms with van der Waals surface area (Å²) in [5.74, 6) is -0.552. The van der Waals surface area contributed by atoms with Crippen molar-refractivity contribution in [2.24, 2.45) is 5.73 Å². The van der Waals surface area contributed by atoms with Crippen LogP contribution in [0.1, 0.15) is 22.5 Å². The van der Waals surface area contributed by atoms with Crippen LogP contribution >= 0.6 is 11.3 Å². The molecule has 23 heavy (non-hydrogen) atoms. The lowest BCUT2D eigenvalue weighted by molar-refractivity contribution is -0.123. The number of rotatable bonds is 6. The molecule has 0 saturated heterocycles. The van der Waals surface area contributed by atoms with Crippen molar-refractivity contribution in [1.82, 2.24) is 10.6 Å². The highest BCUT2D eigenvalue weighted by Crippen LogP contribution is 2.21. The second kappa shape index (κ2) is 7.41. The van der Waals surface area contributed by atoms with Crippen LogP contribution in [0.25, 0.3) is 0 Å². The van der Waals surface area contributed by atoms with E-state index in [9.17, 15) is 19.5 Å². The van der Waals surface area contributed by atoms with E-state index < -0.39 is 24.0 Å². The van der Waals surface area contributed by atoms with Gasteiger partial charge in [0.1, 0.15) is 17.8 Å². The van der Waals surface area contributed by atoms with E-state index in [4.69, 9.17) is 5.73 Å². The molecule has 1 aromatic carbocycles. The minimum atomic E-state index is -1.03. The number of carbonyl (C=O) groups is 2. The van der Waals surface area contributed by atoms with Crippen LogP contribution in [0, 0.1) is 0 Å². The van der Waals surface area contributed by atoms with Crippen molar-refractivity contribution in [3.8, 4) is 5.75 Å². The lowest BCUT2D eigenvalue weighted by atomic mass is 10.1. The summed E-state index contributed by atoms with van der Waals surface area (Å²) in [6.07, 6.45) is 1.72. The Morgan fingerprint density at radius 3 is 2.39 bits per heavy atom. The quantitative estimate of drug-likeness (QED) is 0.633. The summed E-state index contributed by atoms with van der Waals surface area (Å²) >= 11 is 1.27. The molecule has 7 nitrogen and oxygen atoms in total. The van der Waals surface area contributed by atoms with Crippen molar-refractivity contribution in [3.63, 3.8) is 0 Å². The van der Waals surface area contributed by atoms with Crippen LogP contribution < -0.4 is 16.4 Å². The van der Waals surface area contributed by atoms with E-state index in [0.29, 0.717) is 10.4 Å². The highest BCUT2D eigenvalue weighted by atomic mass is 32.1. The fourth-order valence-corrected chi connectivity index (χ4v) is 2.71. The Bertz CT molecular complexity index is 685. The van der Waals surface area contributed by atoms with Gasteiger partial charge in [0.15, 0.2) is 0 Å². The van der Waals surface area contributed by atoms with Gasteiger partial charge in [-0.15, -0.1) is 11.3 Å². The number of benzene rings is 1. The Kier molecular flexibility index (Phi) is 5.32. The van der Waals surface area contributed by atoms with Crippen molar-refractivity contribution in [3.05, 3.63) is 52.2 Å². The van der Waals surface area contributed by atoms with E-state index in [1.54, 1.807) is 23.8 Å². The molecule has 8 heteroatoms. The van der Waals surface area contributed by atoms with E-state index in [0.717, 1.165) is 0 Å². The molecule has 1 radical (unpaired) electrons. The van der Waals surface area contributed by atoms with Crippen LogP contribution in [-0.4, -0.2) is 23.3 Å². The molecule has 5 N–H and O–H groups in total. The summed E-state index contributed by atoms with van der Waals surface area (Å²) in [5, 5.41) is 15.8. The lowest BCUT2D eigenvalue weighted by Crippen LogP contribution is -2.43. The Hall–Kier alpha value is -2.87. The molecule has 0 bridgehead atoms. The molecule has 2 unspecified atom stereocenters. The van der Waals surface area contributed by atoms with Gasteiger partial charge < -0.3 is 21.5 Å². The first kappa shape index (κ1) is 16.5. The minimum absolute atomic E-state index is 0.0385. The van der Waals surface area contributed by atoms with E-state index in [1.807, 2.05) is 0 Å². The first-order valence-electron chi connectivity index (χ1n) is 6.57. The summed E-state index contributed by atoms with van der Waals surface area (Å²) < 4.78 is 0. The van der Waals surface area contributed by atoms with Gasteiger partial charge in [-0.25, -0.2) is 4.79 Å². The number of hydrogen-bond acceptors (Lipinski definition) is 5. The Morgan fingerprint density at radius 1 is 1.17 bits per heavy atom. The van der Waals surface area contributed by atoms with Gasteiger partial charge in [-0.3, -0.25) is 9.59 Å². The Morgan fingerprint density at radius 2 is 1.87 bits per heavy atom. The Balaban J connectivity index is 2.17. The molecular formula is C15H14N3O4S. The fraction of sp³-hybridized carbons (Fsp3) is 0.133. The summed E-state index contributed by atoms with van der Waals surface area (Å²) in [6.45, 7) is 0. The van der Waals surface area contributed by atoms with E-state index in [2.05, 4.69) is 10.6 Å². The smallest absolute Gasteiger partial charge is 0.313 e. The van der Waals surface area contributed by atoms with Crippen LogP contribution in [0.15, 0.2) is 41.8 Å². The van der Waals surface area contributed by atoms with Crippen molar-refractivity contribution >= 4 is 29.6 Å². The lowest BCUT2D eigenvalue weighted by Gasteiger charge is -2.19. The fourth-order valence-electron chi connectivity index (χ4n) is 1.94. The number of phenols is 1. The van der Waals surface area contributed by atoms with Crippen LogP contribution in [0.5, 0.6) is 5.75 Å². The van der Waals surface area contributed by atoms with E-state index in [-0.39, 0.29) is 5.75 Å². The first-order valence-corrected chi connectivity index (χ1v) is 7.45. The molecule has 0 aliphatic heterocycles. The van der Waals surface area contributed by atoms with Gasteiger partial charge in [-0.1, -0.05) is 18.2 Å². The zero-order valence-corrected chi connectivity index (χ0v) is 12.7. The monoisotopic (exact) mass is 332 g/mol. The number of aromatic hydroxyl groups is 1. The summed E-state index contributed by atoms with van der Waals surface area (Å²) in [6, 6.07) is 6.29. The number of thiophene rings is 1. The summed E-state index contributed by atoms with van der Waals surface area (Å²) in [5.41, 5.74) is 5.55. The molecule has 0 aliphatic carbocycles.